The van der Waals surface area contributed by atoms with Crippen LogP contribution in [0.5, 0.6) is 0 Å². The fourth-order valence-electron chi connectivity index (χ4n) is 1.10. The highest BCUT2D eigenvalue weighted by atomic mass is 16.4. The number of hydrogen-bond donors (Lipinski definition) is 3. The van der Waals surface area contributed by atoms with Crippen LogP contribution < -0.4 is 5.32 Å². The van der Waals surface area contributed by atoms with Crippen molar-refractivity contribution in [3.8, 4) is 0 Å². The first-order valence-electron chi connectivity index (χ1n) is 5.09. The van der Waals surface area contributed by atoms with Gasteiger partial charge in [0.25, 0.3) is 0 Å². The van der Waals surface area contributed by atoms with Crippen LogP contribution in [0, 0.1) is 5.92 Å². The van der Waals surface area contributed by atoms with E-state index in [0.717, 1.165) is 0 Å². The van der Waals surface area contributed by atoms with Gasteiger partial charge < -0.3 is 15.5 Å². The summed E-state index contributed by atoms with van der Waals surface area (Å²) in [5.74, 6) is -0.937. The molecule has 1 amide bonds. The van der Waals surface area contributed by atoms with Gasteiger partial charge in [0.2, 0.25) is 5.91 Å². The Bertz CT molecular complexity index is 215. The molecule has 1 unspecified atom stereocenters. The van der Waals surface area contributed by atoms with Crippen molar-refractivity contribution >= 4 is 11.9 Å². The maximum absolute atomic E-state index is 11.3. The summed E-state index contributed by atoms with van der Waals surface area (Å²) < 4.78 is 0. The monoisotopic (exact) mass is 217 g/mol. The molecule has 0 aromatic rings. The van der Waals surface area contributed by atoms with Gasteiger partial charge in [-0.1, -0.05) is 13.8 Å². The Morgan fingerprint density at radius 1 is 1.27 bits per heavy atom. The third-order valence-electron chi connectivity index (χ3n) is 2.14. The second kappa shape index (κ2) is 7.23. The van der Waals surface area contributed by atoms with Crippen molar-refractivity contribution < 1.29 is 19.8 Å². The van der Waals surface area contributed by atoms with E-state index < -0.39 is 5.97 Å². The topological polar surface area (TPSA) is 86.6 Å². The molecule has 0 aromatic heterocycles. The summed E-state index contributed by atoms with van der Waals surface area (Å²) in [4.78, 5) is 21.5. The van der Waals surface area contributed by atoms with Gasteiger partial charge >= 0.3 is 5.97 Å². The first kappa shape index (κ1) is 13.9. The first-order chi connectivity index (χ1) is 6.97. The van der Waals surface area contributed by atoms with Gasteiger partial charge in [0.1, 0.15) is 0 Å². The fourth-order valence-corrected chi connectivity index (χ4v) is 1.10. The molecule has 15 heavy (non-hydrogen) atoms. The van der Waals surface area contributed by atoms with Crippen LogP contribution >= 0.6 is 0 Å². The highest BCUT2D eigenvalue weighted by Crippen LogP contribution is 2.02. The Hall–Kier alpha value is -1.10. The van der Waals surface area contributed by atoms with Crippen LogP contribution in [0.2, 0.25) is 0 Å². The van der Waals surface area contributed by atoms with Crippen molar-refractivity contribution in [3.05, 3.63) is 0 Å². The van der Waals surface area contributed by atoms with E-state index in [0.29, 0.717) is 6.42 Å². The van der Waals surface area contributed by atoms with Crippen molar-refractivity contribution in [1.29, 1.82) is 0 Å². The van der Waals surface area contributed by atoms with Crippen molar-refractivity contribution in [2.75, 3.05) is 6.61 Å². The zero-order valence-electron chi connectivity index (χ0n) is 9.19. The molecule has 0 saturated carbocycles. The predicted octanol–water partition coefficient (Wildman–Crippen LogP) is 0.374. The smallest absolute Gasteiger partial charge is 0.303 e. The van der Waals surface area contributed by atoms with Gasteiger partial charge in [0, 0.05) is 12.8 Å². The van der Waals surface area contributed by atoms with Crippen LogP contribution in [0.4, 0.5) is 0 Å². The minimum atomic E-state index is -0.898. The first-order valence-corrected chi connectivity index (χ1v) is 5.09. The summed E-state index contributed by atoms with van der Waals surface area (Å²) in [5.41, 5.74) is 0. The zero-order valence-corrected chi connectivity index (χ0v) is 9.19. The number of aliphatic hydroxyl groups is 1. The number of hydrogen-bond acceptors (Lipinski definition) is 3. The Balaban J connectivity index is 3.76. The zero-order chi connectivity index (χ0) is 11.8. The summed E-state index contributed by atoms with van der Waals surface area (Å²) in [6, 6.07) is -0.248. The third-order valence-corrected chi connectivity index (χ3v) is 2.14. The van der Waals surface area contributed by atoms with Crippen molar-refractivity contribution in [3.63, 3.8) is 0 Å². The van der Waals surface area contributed by atoms with E-state index in [1.54, 1.807) is 0 Å². The van der Waals surface area contributed by atoms with Gasteiger partial charge in [-0.3, -0.25) is 9.59 Å². The molecule has 3 N–H and O–H groups in total. The number of carbonyl (C=O) groups excluding carboxylic acids is 1. The Morgan fingerprint density at radius 2 is 1.87 bits per heavy atom. The number of carbonyl (C=O) groups is 2. The molecule has 5 heteroatoms. The van der Waals surface area contributed by atoms with E-state index in [1.807, 2.05) is 13.8 Å². The molecule has 0 fully saturated rings. The Labute approximate surface area is 89.5 Å². The number of nitrogens with one attached hydrogen (secondary N) is 1. The summed E-state index contributed by atoms with van der Waals surface area (Å²) in [6.45, 7) is 3.71. The van der Waals surface area contributed by atoms with E-state index in [1.165, 1.54) is 0 Å². The van der Waals surface area contributed by atoms with Gasteiger partial charge in [0.15, 0.2) is 0 Å². The van der Waals surface area contributed by atoms with Crippen molar-refractivity contribution in [1.82, 2.24) is 5.32 Å². The van der Waals surface area contributed by atoms with Crippen LogP contribution in [0.15, 0.2) is 0 Å². The van der Waals surface area contributed by atoms with E-state index in [9.17, 15) is 9.59 Å². The maximum Gasteiger partial charge on any atom is 0.303 e. The lowest BCUT2D eigenvalue weighted by Gasteiger charge is -2.19. The van der Waals surface area contributed by atoms with E-state index >= 15 is 0 Å². The van der Waals surface area contributed by atoms with Crippen LogP contribution in [0.25, 0.3) is 0 Å². The highest BCUT2D eigenvalue weighted by Gasteiger charge is 2.14. The molecule has 0 saturated heterocycles. The standard InChI is InChI=1S/C10H19NO4/c1-7(2)8(6-12)11-9(13)4-3-5-10(14)15/h7-8,12H,3-6H2,1-2H3,(H,11,13)(H,14,15). The molecular formula is C10H19NO4. The quantitative estimate of drug-likeness (QED) is 0.575. The molecule has 0 radical (unpaired) electrons. The normalized spacial score (nSPS) is 12.5. The third kappa shape index (κ3) is 6.90. The van der Waals surface area contributed by atoms with E-state index in [4.69, 9.17) is 10.2 Å². The van der Waals surface area contributed by atoms with E-state index in [-0.39, 0.29) is 37.3 Å². The molecular weight excluding hydrogens is 198 g/mol. The lowest BCUT2D eigenvalue weighted by Crippen LogP contribution is -2.41. The molecule has 5 nitrogen and oxygen atoms in total. The predicted molar refractivity (Wildman–Crippen MR) is 55.3 cm³/mol. The van der Waals surface area contributed by atoms with Gasteiger partial charge in [-0.05, 0) is 12.3 Å². The largest absolute Gasteiger partial charge is 0.481 e. The minimum absolute atomic E-state index is 0.00110. The molecule has 0 heterocycles. The van der Waals surface area contributed by atoms with E-state index in [2.05, 4.69) is 5.32 Å². The lowest BCUT2D eigenvalue weighted by atomic mass is 10.1. The highest BCUT2D eigenvalue weighted by molar-refractivity contribution is 5.77. The van der Waals surface area contributed by atoms with Gasteiger partial charge in [-0.25, -0.2) is 0 Å². The molecule has 0 aromatic carbocycles. The number of rotatable bonds is 7. The molecule has 0 bridgehead atoms. The van der Waals surface area contributed by atoms with Crippen LogP contribution in [-0.4, -0.2) is 34.7 Å². The number of aliphatic hydroxyl groups excluding tert-OH is 1. The summed E-state index contributed by atoms with van der Waals surface area (Å²) >= 11 is 0. The molecule has 0 aliphatic heterocycles. The van der Waals surface area contributed by atoms with Gasteiger partial charge in [0.05, 0.1) is 12.6 Å². The molecule has 0 aliphatic rings. The molecule has 1 atom stereocenters. The summed E-state index contributed by atoms with van der Waals surface area (Å²) in [6.07, 6.45) is 0.520. The summed E-state index contributed by atoms with van der Waals surface area (Å²) in [5, 5.41) is 20.0. The number of amides is 1. The second-order valence-corrected chi connectivity index (χ2v) is 3.85. The van der Waals surface area contributed by atoms with Crippen molar-refractivity contribution in [2.24, 2.45) is 5.92 Å². The molecule has 0 aliphatic carbocycles. The minimum Gasteiger partial charge on any atom is -0.481 e. The van der Waals surface area contributed by atoms with Gasteiger partial charge in [-0.2, -0.15) is 0 Å². The number of carboxylic acid groups (broad SMARTS) is 1. The second-order valence-electron chi connectivity index (χ2n) is 3.85. The average Bonchev–Trinajstić information content (AvgIpc) is 2.13. The van der Waals surface area contributed by atoms with Crippen molar-refractivity contribution in [2.45, 2.75) is 39.2 Å². The molecule has 88 valence electrons. The van der Waals surface area contributed by atoms with Crippen LogP contribution in [-0.2, 0) is 9.59 Å². The van der Waals surface area contributed by atoms with Crippen LogP contribution in [0.1, 0.15) is 33.1 Å². The lowest BCUT2D eigenvalue weighted by molar-refractivity contribution is -0.137. The Kier molecular flexibility index (Phi) is 6.70. The Morgan fingerprint density at radius 3 is 2.27 bits per heavy atom. The SMILES string of the molecule is CC(C)C(CO)NC(=O)CCCC(=O)O. The number of aliphatic carboxylic acids is 1. The van der Waals surface area contributed by atoms with Gasteiger partial charge in [-0.15, -0.1) is 0 Å². The average molecular weight is 217 g/mol. The molecule has 0 spiro atoms. The number of carboxylic acids is 1. The fraction of sp³-hybridized carbons (Fsp3) is 0.800. The summed E-state index contributed by atoms with van der Waals surface area (Å²) in [7, 11) is 0. The molecule has 0 rings (SSSR count). The maximum atomic E-state index is 11.3. The van der Waals surface area contributed by atoms with Crippen LogP contribution in [0.3, 0.4) is 0 Å².